The number of hydrogen-bond acceptors (Lipinski definition) is 2. The van der Waals surface area contributed by atoms with E-state index in [0.29, 0.717) is 11.3 Å². The maximum Gasteiger partial charge on any atom is 0.256 e. The van der Waals surface area contributed by atoms with E-state index in [2.05, 4.69) is 54.2 Å². The second-order valence-electron chi connectivity index (χ2n) is 7.10. The van der Waals surface area contributed by atoms with Crippen molar-refractivity contribution in [3.63, 3.8) is 0 Å². The maximum absolute atomic E-state index is 12.8. The van der Waals surface area contributed by atoms with E-state index in [4.69, 9.17) is 4.42 Å². The zero-order valence-electron chi connectivity index (χ0n) is 14.4. The SMILES string of the molecule is Cc1oc(C)c(C(=O)NC(CC(C)(C)C)c2ccccc2)c1Br. The first-order chi connectivity index (χ1) is 10.7. The van der Waals surface area contributed by atoms with Gasteiger partial charge in [-0.05, 0) is 47.2 Å². The van der Waals surface area contributed by atoms with Crippen LogP contribution in [0, 0.1) is 19.3 Å². The molecule has 0 aliphatic carbocycles. The molecule has 0 bridgehead atoms. The number of furan rings is 1. The van der Waals surface area contributed by atoms with Crippen LogP contribution >= 0.6 is 15.9 Å². The fourth-order valence-electron chi connectivity index (χ4n) is 2.70. The minimum Gasteiger partial charge on any atom is -0.465 e. The van der Waals surface area contributed by atoms with Gasteiger partial charge in [0.25, 0.3) is 5.91 Å². The number of aryl methyl sites for hydroxylation is 2. The van der Waals surface area contributed by atoms with Crippen LogP contribution in [0.2, 0.25) is 0 Å². The summed E-state index contributed by atoms with van der Waals surface area (Å²) < 4.78 is 6.28. The van der Waals surface area contributed by atoms with E-state index in [1.54, 1.807) is 0 Å². The van der Waals surface area contributed by atoms with E-state index in [0.717, 1.165) is 22.2 Å². The quantitative estimate of drug-likeness (QED) is 0.756. The van der Waals surface area contributed by atoms with Crippen LogP contribution in [0.4, 0.5) is 0 Å². The molecule has 1 unspecified atom stereocenters. The van der Waals surface area contributed by atoms with Gasteiger partial charge in [-0.25, -0.2) is 0 Å². The Morgan fingerprint density at radius 3 is 2.26 bits per heavy atom. The molecule has 1 heterocycles. The average molecular weight is 378 g/mol. The van der Waals surface area contributed by atoms with Crippen molar-refractivity contribution in [1.29, 1.82) is 0 Å². The first-order valence-electron chi connectivity index (χ1n) is 7.80. The zero-order chi connectivity index (χ0) is 17.2. The van der Waals surface area contributed by atoms with E-state index in [1.165, 1.54) is 0 Å². The minimum absolute atomic E-state index is 0.0368. The summed E-state index contributed by atoms with van der Waals surface area (Å²) in [6.07, 6.45) is 0.857. The van der Waals surface area contributed by atoms with Crippen LogP contribution in [0.1, 0.15) is 60.7 Å². The van der Waals surface area contributed by atoms with E-state index >= 15 is 0 Å². The highest BCUT2D eigenvalue weighted by Gasteiger charge is 2.26. The number of rotatable bonds is 4. The van der Waals surface area contributed by atoms with Gasteiger partial charge >= 0.3 is 0 Å². The standard InChI is InChI=1S/C19H24BrNO2/c1-12-16(17(20)13(2)23-12)18(22)21-15(11-19(3,4)5)14-9-7-6-8-10-14/h6-10,15H,11H2,1-5H3,(H,21,22). The Hall–Kier alpha value is -1.55. The molecule has 0 spiro atoms. The molecule has 0 aliphatic heterocycles. The predicted molar refractivity (Wildman–Crippen MR) is 96.6 cm³/mol. The lowest BCUT2D eigenvalue weighted by molar-refractivity contribution is 0.0924. The maximum atomic E-state index is 12.8. The van der Waals surface area contributed by atoms with Gasteiger partial charge in [-0.3, -0.25) is 4.79 Å². The molecular formula is C19H24BrNO2. The first-order valence-corrected chi connectivity index (χ1v) is 8.59. The van der Waals surface area contributed by atoms with E-state index in [1.807, 2.05) is 32.0 Å². The van der Waals surface area contributed by atoms with Crippen LogP contribution in [0.5, 0.6) is 0 Å². The molecule has 1 aromatic heterocycles. The molecule has 0 aliphatic rings. The largest absolute Gasteiger partial charge is 0.465 e. The van der Waals surface area contributed by atoms with Crippen molar-refractivity contribution in [2.45, 2.75) is 47.1 Å². The summed E-state index contributed by atoms with van der Waals surface area (Å²) >= 11 is 3.45. The second kappa shape index (κ2) is 6.91. The number of hydrogen-bond donors (Lipinski definition) is 1. The van der Waals surface area contributed by atoms with Crippen molar-refractivity contribution in [3.8, 4) is 0 Å². The van der Waals surface area contributed by atoms with Crippen LogP contribution in [-0.4, -0.2) is 5.91 Å². The Morgan fingerprint density at radius 2 is 1.78 bits per heavy atom. The molecular weight excluding hydrogens is 354 g/mol. The highest BCUT2D eigenvalue weighted by Crippen LogP contribution is 2.31. The van der Waals surface area contributed by atoms with Gasteiger partial charge in [-0.2, -0.15) is 0 Å². The average Bonchev–Trinajstić information content (AvgIpc) is 2.71. The molecule has 2 rings (SSSR count). The Balaban J connectivity index is 2.29. The van der Waals surface area contributed by atoms with Crippen molar-refractivity contribution < 1.29 is 9.21 Å². The lowest BCUT2D eigenvalue weighted by atomic mass is 9.85. The molecule has 3 nitrogen and oxygen atoms in total. The molecule has 1 amide bonds. The van der Waals surface area contributed by atoms with Crippen molar-refractivity contribution in [1.82, 2.24) is 5.32 Å². The van der Waals surface area contributed by atoms with Crippen LogP contribution in [-0.2, 0) is 0 Å². The van der Waals surface area contributed by atoms with Crippen molar-refractivity contribution in [2.75, 3.05) is 0 Å². The molecule has 124 valence electrons. The van der Waals surface area contributed by atoms with E-state index in [9.17, 15) is 4.79 Å². The molecule has 23 heavy (non-hydrogen) atoms. The summed E-state index contributed by atoms with van der Waals surface area (Å²) in [6, 6.07) is 10.1. The molecule has 4 heteroatoms. The molecule has 0 radical (unpaired) electrons. The number of benzene rings is 1. The van der Waals surface area contributed by atoms with Gasteiger partial charge in [0.15, 0.2) is 0 Å². The Labute approximate surface area is 146 Å². The number of carbonyl (C=O) groups excluding carboxylic acids is 1. The van der Waals surface area contributed by atoms with Crippen LogP contribution < -0.4 is 5.32 Å². The van der Waals surface area contributed by atoms with Crippen molar-refractivity contribution in [3.05, 3.63) is 57.5 Å². The van der Waals surface area contributed by atoms with Gasteiger partial charge in [-0.1, -0.05) is 51.1 Å². The fraction of sp³-hybridized carbons (Fsp3) is 0.421. The van der Waals surface area contributed by atoms with Gasteiger partial charge in [0.05, 0.1) is 16.1 Å². The molecule has 2 aromatic rings. The number of nitrogens with one attached hydrogen (secondary N) is 1. The molecule has 1 N–H and O–H groups in total. The van der Waals surface area contributed by atoms with Gasteiger partial charge in [0.1, 0.15) is 11.5 Å². The van der Waals surface area contributed by atoms with Crippen LogP contribution in [0.3, 0.4) is 0 Å². The molecule has 0 saturated carbocycles. The van der Waals surface area contributed by atoms with E-state index in [-0.39, 0.29) is 17.4 Å². The second-order valence-corrected chi connectivity index (χ2v) is 7.90. The Morgan fingerprint density at radius 1 is 1.17 bits per heavy atom. The summed E-state index contributed by atoms with van der Waals surface area (Å²) in [7, 11) is 0. The smallest absolute Gasteiger partial charge is 0.256 e. The number of amides is 1. The highest BCUT2D eigenvalue weighted by molar-refractivity contribution is 9.10. The summed E-state index contributed by atoms with van der Waals surface area (Å²) in [5, 5.41) is 3.17. The monoisotopic (exact) mass is 377 g/mol. The van der Waals surface area contributed by atoms with E-state index < -0.39 is 0 Å². The summed E-state index contributed by atoms with van der Waals surface area (Å²) in [5.41, 5.74) is 1.80. The summed E-state index contributed by atoms with van der Waals surface area (Å²) in [5.74, 6) is 1.25. The predicted octanol–water partition coefficient (Wildman–Crippen LogP) is 5.57. The molecule has 1 atom stereocenters. The first kappa shape index (κ1) is 17.8. The number of halogens is 1. The third-order valence-electron chi connectivity index (χ3n) is 3.74. The van der Waals surface area contributed by atoms with Crippen molar-refractivity contribution >= 4 is 21.8 Å². The lowest BCUT2D eigenvalue weighted by Crippen LogP contribution is -2.31. The molecule has 0 saturated heterocycles. The van der Waals surface area contributed by atoms with Gasteiger partial charge in [-0.15, -0.1) is 0 Å². The minimum atomic E-state index is -0.107. The fourth-order valence-corrected chi connectivity index (χ4v) is 3.24. The van der Waals surface area contributed by atoms with Crippen LogP contribution in [0.25, 0.3) is 0 Å². The van der Waals surface area contributed by atoms with Gasteiger partial charge in [0, 0.05) is 0 Å². The topological polar surface area (TPSA) is 42.2 Å². The lowest BCUT2D eigenvalue weighted by Gasteiger charge is -2.27. The van der Waals surface area contributed by atoms with Gasteiger partial charge < -0.3 is 9.73 Å². The normalized spacial score (nSPS) is 13.0. The third-order valence-corrected chi connectivity index (χ3v) is 4.69. The Bertz CT molecular complexity index is 683. The van der Waals surface area contributed by atoms with Gasteiger partial charge in [0.2, 0.25) is 0 Å². The Kier molecular flexibility index (Phi) is 5.35. The summed E-state index contributed by atoms with van der Waals surface area (Å²) in [4.78, 5) is 12.8. The third kappa shape index (κ3) is 4.47. The highest BCUT2D eigenvalue weighted by atomic mass is 79.9. The zero-order valence-corrected chi connectivity index (χ0v) is 16.0. The summed E-state index contributed by atoms with van der Waals surface area (Å²) in [6.45, 7) is 10.2. The van der Waals surface area contributed by atoms with Crippen LogP contribution in [0.15, 0.2) is 39.2 Å². The van der Waals surface area contributed by atoms with Crippen molar-refractivity contribution in [2.24, 2.45) is 5.41 Å². The molecule has 1 aromatic carbocycles. The number of carbonyl (C=O) groups is 1. The molecule has 0 fully saturated rings.